The zero-order valence-electron chi connectivity index (χ0n) is 9.45. The molecule has 1 aromatic carbocycles. The van der Waals surface area contributed by atoms with Gasteiger partial charge in [0.2, 0.25) is 5.91 Å². The van der Waals surface area contributed by atoms with Crippen LogP contribution in [0.3, 0.4) is 0 Å². The van der Waals surface area contributed by atoms with Crippen LogP contribution in [0.25, 0.3) is 0 Å². The fourth-order valence-corrected chi connectivity index (χ4v) is 2.43. The summed E-state index contributed by atoms with van der Waals surface area (Å²) >= 11 is 0. The molecule has 0 saturated heterocycles. The van der Waals surface area contributed by atoms with Gasteiger partial charge in [-0.05, 0) is 24.6 Å². The summed E-state index contributed by atoms with van der Waals surface area (Å²) in [5, 5.41) is 2.49. The van der Waals surface area contributed by atoms with Gasteiger partial charge < -0.3 is 11.1 Å². The Morgan fingerprint density at radius 1 is 1.50 bits per heavy atom. The van der Waals surface area contributed by atoms with Gasteiger partial charge in [0, 0.05) is 24.9 Å². The predicted octanol–water partition coefficient (Wildman–Crippen LogP) is 0.821. The van der Waals surface area contributed by atoms with Gasteiger partial charge in [-0.1, -0.05) is 6.07 Å². The minimum Gasteiger partial charge on any atom is -0.398 e. The van der Waals surface area contributed by atoms with Gasteiger partial charge in [0.15, 0.2) is 0 Å². The molecule has 0 aliphatic carbocycles. The summed E-state index contributed by atoms with van der Waals surface area (Å²) in [6.45, 7) is 1.92. The predicted molar refractivity (Wildman–Crippen MR) is 65.6 cm³/mol. The van der Waals surface area contributed by atoms with E-state index in [0.29, 0.717) is 16.3 Å². The fourth-order valence-electron chi connectivity index (χ4n) is 1.30. The Kier molecular flexibility index (Phi) is 4.49. The lowest BCUT2D eigenvalue weighted by Gasteiger charge is -2.06. The average molecular weight is 240 g/mol. The largest absolute Gasteiger partial charge is 0.398 e. The first-order chi connectivity index (χ1) is 7.54. The van der Waals surface area contributed by atoms with Crippen LogP contribution < -0.4 is 11.1 Å². The zero-order chi connectivity index (χ0) is 12.1. The topological polar surface area (TPSA) is 72.2 Å². The van der Waals surface area contributed by atoms with Gasteiger partial charge >= 0.3 is 0 Å². The molecule has 1 rings (SSSR count). The number of amides is 1. The van der Waals surface area contributed by atoms with Crippen molar-refractivity contribution in [1.29, 1.82) is 0 Å². The van der Waals surface area contributed by atoms with E-state index in [1.807, 2.05) is 13.0 Å². The van der Waals surface area contributed by atoms with E-state index in [9.17, 15) is 9.00 Å². The van der Waals surface area contributed by atoms with Crippen molar-refractivity contribution in [3.8, 4) is 0 Å². The molecule has 1 aromatic rings. The minimum absolute atomic E-state index is 0.112. The quantitative estimate of drug-likeness (QED) is 0.765. The van der Waals surface area contributed by atoms with Crippen molar-refractivity contribution in [3.63, 3.8) is 0 Å². The third kappa shape index (κ3) is 3.34. The van der Waals surface area contributed by atoms with E-state index in [0.717, 1.165) is 5.56 Å². The molecule has 0 heterocycles. The van der Waals surface area contributed by atoms with Crippen LogP contribution in [0, 0.1) is 6.92 Å². The van der Waals surface area contributed by atoms with Gasteiger partial charge in [-0.3, -0.25) is 9.00 Å². The van der Waals surface area contributed by atoms with Crippen LogP contribution in [0.5, 0.6) is 0 Å². The molecule has 88 valence electrons. The zero-order valence-corrected chi connectivity index (χ0v) is 10.3. The highest BCUT2D eigenvalue weighted by atomic mass is 32.2. The summed E-state index contributed by atoms with van der Waals surface area (Å²) < 4.78 is 11.8. The maximum atomic E-state index is 11.8. The van der Waals surface area contributed by atoms with Crippen LogP contribution in [0.2, 0.25) is 0 Å². The summed E-state index contributed by atoms with van der Waals surface area (Å²) in [4.78, 5) is 11.6. The molecule has 4 nitrogen and oxygen atoms in total. The Labute approximate surface area is 97.7 Å². The van der Waals surface area contributed by atoms with Crippen molar-refractivity contribution >= 4 is 22.4 Å². The first-order valence-electron chi connectivity index (χ1n) is 4.99. The second-order valence-corrected chi connectivity index (χ2v) is 5.05. The van der Waals surface area contributed by atoms with Gasteiger partial charge in [0.05, 0.1) is 15.7 Å². The Hall–Kier alpha value is -1.36. The van der Waals surface area contributed by atoms with Crippen molar-refractivity contribution in [2.75, 3.05) is 18.5 Å². The van der Waals surface area contributed by atoms with Gasteiger partial charge in [-0.25, -0.2) is 0 Å². The number of nitrogens with two attached hydrogens (primary N) is 1. The molecule has 0 radical (unpaired) electrons. The van der Waals surface area contributed by atoms with E-state index in [4.69, 9.17) is 5.73 Å². The second kappa shape index (κ2) is 5.65. The standard InChI is InChI=1S/C11H16N2O2S/c1-8-3-4-10(9(12)7-8)16(15)6-5-11(14)13-2/h3-4,7H,5-6,12H2,1-2H3,(H,13,14). The maximum absolute atomic E-state index is 11.8. The van der Waals surface area contributed by atoms with E-state index in [1.54, 1.807) is 19.2 Å². The maximum Gasteiger partial charge on any atom is 0.220 e. The number of benzene rings is 1. The molecule has 0 aromatic heterocycles. The van der Waals surface area contributed by atoms with Crippen molar-refractivity contribution < 1.29 is 9.00 Å². The highest BCUT2D eigenvalue weighted by molar-refractivity contribution is 7.85. The van der Waals surface area contributed by atoms with Gasteiger partial charge in [-0.2, -0.15) is 0 Å². The first-order valence-corrected chi connectivity index (χ1v) is 6.31. The van der Waals surface area contributed by atoms with Crippen molar-refractivity contribution in [3.05, 3.63) is 23.8 Å². The molecule has 5 heteroatoms. The Morgan fingerprint density at radius 2 is 2.19 bits per heavy atom. The molecule has 16 heavy (non-hydrogen) atoms. The van der Waals surface area contributed by atoms with Crippen LogP contribution in [0.1, 0.15) is 12.0 Å². The van der Waals surface area contributed by atoms with E-state index < -0.39 is 10.8 Å². The minimum atomic E-state index is -1.21. The number of hydrogen-bond acceptors (Lipinski definition) is 3. The first kappa shape index (κ1) is 12.7. The molecule has 0 fully saturated rings. The van der Waals surface area contributed by atoms with E-state index in [2.05, 4.69) is 5.32 Å². The second-order valence-electron chi connectivity index (χ2n) is 3.51. The normalized spacial score (nSPS) is 12.1. The summed E-state index contributed by atoms with van der Waals surface area (Å²) in [5.41, 5.74) is 7.32. The van der Waals surface area contributed by atoms with E-state index >= 15 is 0 Å². The highest BCUT2D eigenvalue weighted by Gasteiger charge is 2.09. The summed E-state index contributed by atoms with van der Waals surface area (Å²) in [6.07, 6.45) is 0.246. The molecular formula is C11H16N2O2S. The monoisotopic (exact) mass is 240 g/mol. The molecule has 1 amide bonds. The number of carbonyl (C=O) groups excluding carboxylic acids is 1. The van der Waals surface area contributed by atoms with Crippen LogP contribution in [0.15, 0.2) is 23.1 Å². The molecule has 0 aliphatic heterocycles. The van der Waals surface area contributed by atoms with E-state index in [-0.39, 0.29) is 12.3 Å². The number of rotatable bonds is 4. The molecule has 3 N–H and O–H groups in total. The number of carbonyl (C=O) groups is 1. The van der Waals surface area contributed by atoms with Crippen LogP contribution in [-0.2, 0) is 15.6 Å². The van der Waals surface area contributed by atoms with Crippen molar-refractivity contribution in [2.24, 2.45) is 0 Å². The highest BCUT2D eigenvalue weighted by Crippen LogP contribution is 2.18. The molecule has 0 saturated carbocycles. The number of nitrogens with one attached hydrogen (secondary N) is 1. The van der Waals surface area contributed by atoms with Gasteiger partial charge in [-0.15, -0.1) is 0 Å². The molecule has 0 bridgehead atoms. The number of nitrogen functional groups attached to an aromatic ring is 1. The van der Waals surface area contributed by atoms with E-state index in [1.165, 1.54) is 0 Å². The van der Waals surface area contributed by atoms with Crippen LogP contribution in [0.4, 0.5) is 5.69 Å². The Balaban J connectivity index is 2.70. The molecule has 0 aliphatic rings. The molecular weight excluding hydrogens is 224 g/mol. The number of hydrogen-bond donors (Lipinski definition) is 2. The summed E-state index contributed by atoms with van der Waals surface area (Å²) in [6, 6.07) is 5.40. The summed E-state index contributed by atoms with van der Waals surface area (Å²) in [7, 11) is 0.350. The fraction of sp³-hybridized carbons (Fsp3) is 0.364. The van der Waals surface area contributed by atoms with Crippen molar-refractivity contribution in [2.45, 2.75) is 18.2 Å². The third-order valence-electron chi connectivity index (χ3n) is 2.20. The van der Waals surface area contributed by atoms with Crippen LogP contribution in [-0.4, -0.2) is 22.9 Å². The van der Waals surface area contributed by atoms with Gasteiger partial charge in [0.25, 0.3) is 0 Å². The summed E-state index contributed by atoms with van der Waals surface area (Å²) in [5.74, 6) is 0.187. The molecule has 0 spiro atoms. The smallest absolute Gasteiger partial charge is 0.220 e. The molecule has 1 atom stereocenters. The van der Waals surface area contributed by atoms with Crippen LogP contribution >= 0.6 is 0 Å². The Morgan fingerprint density at radius 3 is 2.75 bits per heavy atom. The number of aryl methyl sites for hydroxylation is 1. The molecule has 1 unspecified atom stereocenters. The lowest BCUT2D eigenvalue weighted by Crippen LogP contribution is -2.20. The average Bonchev–Trinajstić information content (AvgIpc) is 2.25. The number of anilines is 1. The lowest BCUT2D eigenvalue weighted by atomic mass is 10.2. The lowest BCUT2D eigenvalue weighted by molar-refractivity contribution is -0.120. The van der Waals surface area contributed by atoms with Crippen molar-refractivity contribution in [1.82, 2.24) is 5.32 Å². The SMILES string of the molecule is CNC(=O)CCS(=O)c1ccc(C)cc1N. The van der Waals surface area contributed by atoms with Gasteiger partial charge in [0.1, 0.15) is 0 Å². The Bertz CT molecular complexity index is 418. The third-order valence-corrected chi connectivity index (χ3v) is 3.64.